The fourth-order valence-corrected chi connectivity index (χ4v) is 3.88. The Morgan fingerprint density at radius 2 is 1.74 bits per heavy atom. The first kappa shape index (κ1) is 22.3. The van der Waals surface area contributed by atoms with Gasteiger partial charge in [0.05, 0.1) is 18.0 Å². The zero-order chi connectivity index (χ0) is 22.4. The van der Waals surface area contributed by atoms with Crippen LogP contribution in [0.15, 0.2) is 65.8 Å². The monoisotopic (exact) mass is 444 g/mol. The van der Waals surface area contributed by atoms with E-state index >= 15 is 0 Å². The van der Waals surface area contributed by atoms with Crippen LogP contribution in [0.2, 0.25) is 0 Å². The lowest BCUT2D eigenvalue weighted by Crippen LogP contribution is -2.41. The van der Waals surface area contributed by atoms with Crippen molar-refractivity contribution >= 4 is 21.6 Å². The van der Waals surface area contributed by atoms with E-state index < -0.39 is 22.0 Å². The molecule has 31 heavy (non-hydrogen) atoms. The molecule has 3 rings (SSSR count). The predicted octanol–water partition coefficient (Wildman–Crippen LogP) is 2.31. The lowest BCUT2D eigenvalue weighted by molar-refractivity contribution is -0.117. The Balaban J connectivity index is 1.55. The van der Waals surface area contributed by atoms with Gasteiger partial charge in [-0.1, -0.05) is 0 Å². The van der Waals surface area contributed by atoms with Gasteiger partial charge in [0.25, 0.3) is 0 Å². The summed E-state index contributed by atoms with van der Waals surface area (Å²) in [5.41, 5.74) is 0.518. The molecule has 9 nitrogen and oxygen atoms in total. The molecule has 1 amide bonds. The average molecular weight is 445 g/mol. The third-order valence-corrected chi connectivity index (χ3v) is 6.06. The van der Waals surface area contributed by atoms with Crippen molar-refractivity contribution in [3.8, 4) is 11.5 Å². The second kappa shape index (κ2) is 9.63. The maximum absolute atomic E-state index is 12.5. The highest BCUT2D eigenvalue weighted by atomic mass is 32.2. The molecule has 2 aromatic carbocycles. The Morgan fingerprint density at radius 3 is 2.32 bits per heavy atom. The molecular formula is C21H24N4O5S. The molecular weight excluding hydrogens is 420 g/mol. The van der Waals surface area contributed by atoms with Crippen LogP contribution in [0.25, 0.3) is 0 Å². The number of carbonyl (C=O) groups excluding carboxylic acids is 1. The van der Waals surface area contributed by atoms with Crippen molar-refractivity contribution in [1.82, 2.24) is 14.3 Å². The third kappa shape index (κ3) is 5.83. The molecule has 1 atom stereocenters. The molecule has 0 fully saturated rings. The molecule has 0 spiro atoms. The van der Waals surface area contributed by atoms with Crippen molar-refractivity contribution in [3.05, 3.63) is 66.7 Å². The van der Waals surface area contributed by atoms with Gasteiger partial charge < -0.3 is 19.4 Å². The summed E-state index contributed by atoms with van der Waals surface area (Å²) < 4.78 is 39.9. The zero-order valence-electron chi connectivity index (χ0n) is 17.4. The molecule has 164 valence electrons. The van der Waals surface area contributed by atoms with Crippen LogP contribution in [-0.2, 0) is 28.5 Å². The number of nitrogens with zero attached hydrogens (tertiary/aromatic N) is 2. The fourth-order valence-electron chi connectivity index (χ4n) is 2.68. The summed E-state index contributed by atoms with van der Waals surface area (Å²) in [5.74, 6) is 1.46. The molecule has 1 aromatic heterocycles. The summed E-state index contributed by atoms with van der Waals surface area (Å²) >= 11 is 0. The van der Waals surface area contributed by atoms with Gasteiger partial charge in [-0.3, -0.25) is 4.79 Å². The number of aromatic nitrogens is 2. The van der Waals surface area contributed by atoms with Crippen molar-refractivity contribution in [2.75, 3.05) is 12.4 Å². The minimum atomic E-state index is -3.86. The highest BCUT2D eigenvalue weighted by molar-refractivity contribution is 7.89. The quantitative estimate of drug-likeness (QED) is 0.524. The van der Waals surface area contributed by atoms with Gasteiger partial charge in [-0.15, -0.1) is 0 Å². The lowest BCUT2D eigenvalue weighted by atomic mass is 10.2. The van der Waals surface area contributed by atoms with Gasteiger partial charge >= 0.3 is 0 Å². The van der Waals surface area contributed by atoms with Crippen molar-refractivity contribution in [2.45, 2.75) is 24.5 Å². The summed E-state index contributed by atoms with van der Waals surface area (Å²) in [5, 5.41) is 2.68. The number of methoxy groups -OCH3 is 1. The van der Waals surface area contributed by atoms with Gasteiger partial charge in [-0.2, -0.15) is 4.72 Å². The number of nitrogens with one attached hydrogen (secondary N) is 2. The maximum atomic E-state index is 12.5. The molecule has 0 saturated carbocycles. The lowest BCUT2D eigenvalue weighted by Gasteiger charge is -2.15. The molecule has 0 unspecified atom stereocenters. The number of anilines is 1. The van der Waals surface area contributed by atoms with E-state index in [1.807, 2.05) is 17.8 Å². The van der Waals surface area contributed by atoms with Crippen LogP contribution in [0.1, 0.15) is 12.7 Å². The van der Waals surface area contributed by atoms with Gasteiger partial charge in [0.1, 0.15) is 23.9 Å². The van der Waals surface area contributed by atoms with E-state index in [9.17, 15) is 13.2 Å². The van der Waals surface area contributed by atoms with Gasteiger partial charge in [-0.25, -0.2) is 13.4 Å². The molecule has 2 N–H and O–H groups in total. The van der Waals surface area contributed by atoms with Crippen molar-refractivity contribution in [1.29, 1.82) is 0 Å². The largest absolute Gasteiger partial charge is 0.497 e. The number of imidazole rings is 1. The molecule has 3 aromatic rings. The number of rotatable bonds is 9. The molecule has 0 aliphatic carbocycles. The van der Waals surface area contributed by atoms with Crippen LogP contribution in [-0.4, -0.2) is 37.0 Å². The Bertz CT molecular complexity index is 1130. The molecule has 0 bridgehead atoms. The van der Waals surface area contributed by atoms with Crippen LogP contribution < -0.4 is 19.5 Å². The van der Waals surface area contributed by atoms with E-state index in [-0.39, 0.29) is 4.90 Å². The highest BCUT2D eigenvalue weighted by Crippen LogP contribution is 2.18. The van der Waals surface area contributed by atoms with Crippen LogP contribution >= 0.6 is 0 Å². The SMILES string of the molecule is COc1ccc(S(=O)(=O)N[C@@H](C)C(=O)Nc2ccc(OCc3nccn3C)cc2)cc1. The number of amides is 1. The van der Waals surface area contributed by atoms with Gasteiger partial charge in [0.2, 0.25) is 15.9 Å². The Hall–Kier alpha value is -3.37. The summed E-state index contributed by atoms with van der Waals surface area (Å²) in [4.78, 5) is 16.7. The van der Waals surface area contributed by atoms with Crippen LogP contribution in [0.4, 0.5) is 5.69 Å². The first-order valence-electron chi connectivity index (χ1n) is 9.45. The van der Waals surface area contributed by atoms with Gasteiger partial charge in [-0.05, 0) is 55.5 Å². The van der Waals surface area contributed by atoms with E-state index in [2.05, 4.69) is 15.0 Å². The molecule has 0 saturated heterocycles. The van der Waals surface area contributed by atoms with Gasteiger partial charge in [0, 0.05) is 25.1 Å². The number of carbonyl (C=O) groups is 1. The van der Waals surface area contributed by atoms with E-state index in [1.54, 1.807) is 30.5 Å². The fraction of sp³-hybridized carbons (Fsp3) is 0.238. The first-order valence-corrected chi connectivity index (χ1v) is 10.9. The Kier molecular flexibility index (Phi) is 6.93. The second-order valence-electron chi connectivity index (χ2n) is 6.78. The minimum Gasteiger partial charge on any atom is -0.497 e. The third-order valence-electron chi connectivity index (χ3n) is 4.51. The van der Waals surface area contributed by atoms with Crippen LogP contribution in [0.3, 0.4) is 0 Å². The number of aryl methyl sites for hydroxylation is 1. The molecule has 0 aliphatic heterocycles. The average Bonchev–Trinajstić information content (AvgIpc) is 3.17. The minimum absolute atomic E-state index is 0.0437. The topological polar surface area (TPSA) is 112 Å². The molecule has 1 heterocycles. The Morgan fingerprint density at radius 1 is 1.10 bits per heavy atom. The Labute approximate surface area is 181 Å². The number of hydrogen-bond donors (Lipinski definition) is 2. The van der Waals surface area contributed by atoms with Crippen LogP contribution in [0.5, 0.6) is 11.5 Å². The van der Waals surface area contributed by atoms with Crippen molar-refractivity contribution in [3.63, 3.8) is 0 Å². The number of ether oxygens (including phenoxy) is 2. The summed E-state index contributed by atoms with van der Waals surface area (Å²) in [7, 11) is -0.479. The summed E-state index contributed by atoms with van der Waals surface area (Å²) in [6, 6.07) is 11.7. The molecule has 0 aliphatic rings. The van der Waals surface area contributed by atoms with E-state index in [4.69, 9.17) is 9.47 Å². The first-order chi connectivity index (χ1) is 14.8. The normalized spacial score (nSPS) is 12.2. The molecule has 10 heteroatoms. The van der Waals surface area contributed by atoms with E-state index in [0.717, 1.165) is 5.82 Å². The second-order valence-corrected chi connectivity index (χ2v) is 8.49. The number of benzene rings is 2. The van der Waals surface area contributed by atoms with E-state index in [0.29, 0.717) is 23.8 Å². The predicted molar refractivity (Wildman–Crippen MR) is 115 cm³/mol. The standard InChI is InChI=1S/C21H24N4O5S/c1-15(24-31(27,28)19-10-8-17(29-3)9-11-19)21(26)23-16-4-6-18(7-5-16)30-14-20-22-12-13-25(20)2/h4-13,15,24H,14H2,1-3H3,(H,23,26)/t15-/m0/s1. The summed E-state index contributed by atoms with van der Waals surface area (Å²) in [6.45, 7) is 1.79. The number of hydrogen-bond acceptors (Lipinski definition) is 6. The van der Waals surface area contributed by atoms with E-state index in [1.165, 1.54) is 38.3 Å². The smallest absolute Gasteiger partial charge is 0.242 e. The van der Waals surface area contributed by atoms with Crippen LogP contribution in [0, 0.1) is 0 Å². The zero-order valence-corrected chi connectivity index (χ0v) is 18.2. The highest BCUT2D eigenvalue weighted by Gasteiger charge is 2.22. The molecule has 0 radical (unpaired) electrons. The van der Waals surface area contributed by atoms with Crippen molar-refractivity contribution < 1.29 is 22.7 Å². The number of sulfonamides is 1. The maximum Gasteiger partial charge on any atom is 0.242 e. The summed E-state index contributed by atoms with van der Waals surface area (Å²) in [6.07, 6.45) is 3.53. The van der Waals surface area contributed by atoms with Gasteiger partial charge in [0.15, 0.2) is 0 Å². The van der Waals surface area contributed by atoms with Crippen molar-refractivity contribution in [2.24, 2.45) is 7.05 Å².